The normalized spacial score (nSPS) is 17.8. The van der Waals surface area contributed by atoms with Crippen molar-refractivity contribution in [1.82, 2.24) is 20.2 Å². The molecule has 152 valence electrons. The summed E-state index contributed by atoms with van der Waals surface area (Å²) < 4.78 is 23.8. The SMILES string of the molecule is COc1cccc([C@@H]2C[C@H](c3ccc(OC)c(OC)c3OC)n3nnnc3N2)c1. The van der Waals surface area contributed by atoms with E-state index in [4.69, 9.17) is 18.9 Å². The Hall–Kier alpha value is -3.49. The summed E-state index contributed by atoms with van der Waals surface area (Å²) >= 11 is 0. The molecule has 0 fully saturated rings. The van der Waals surface area contributed by atoms with Crippen LogP contribution in [0, 0.1) is 0 Å². The van der Waals surface area contributed by atoms with Gasteiger partial charge in [0.25, 0.3) is 0 Å². The van der Waals surface area contributed by atoms with Gasteiger partial charge in [-0.05, 0) is 46.7 Å². The maximum absolute atomic E-state index is 5.70. The van der Waals surface area contributed by atoms with Crippen LogP contribution < -0.4 is 24.3 Å². The smallest absolute Gasteiger partial charge is 0.243 e. The van der Waals surface area contributed by atoms with Gasteiger partial charge < -0.3 is 24.3 Å². The molecule has 9 nitrogen and oxygen atoms in total. The van der Waals surface area contributed by atoms with E-state index in [2.05, 4.69) is 26.9 Å². The number of benzene rings is 2. The Morgan fingerprint density at radius 1 is 0.966 bits per heavy atom. The number of methoxy groups -OCH3 is 4. The predicted molar refractivity (Wildman–Crippen MR) is 106 cm³/mol. The lowest BCUT2D eigenvalue weighted by atomic mass is 9.92. The average molecular weight is 397 g/mol. The number of rotatable bonds is 6. The Labute approximate surface area is 168 Å². The first-order chi connectivity index (χ1) is 14.2. The van der Waals surface area contributed by atoms with E-state index < -0.39 is 0 Å². The summed E-state index contributed by atoms with van der Waals surface area (Å²) in [5, 5.41) is 15.6. The van der Waals surface area contributed by atoms with E-state index in [1.165, 1.54) is 0 Å². The van der Waals surface area contributed by atoms with E-state index in [9.17, 15) is 0 Å². The number of aromatic nitrogens is 4. The second-order valence-electron chi connectivity index (χ2n) is 6.60. The van der Waals surface area contributed by atoms with E-state index in [1.54, 1.807) is 33.1 Å². The van der Waals surface area contributed by atoms with Crippen LogP contribution in [0.2, 0.25) is 0 Å². The van der Waals surface area contributed by atoms with E-state index in [-0.39, 0.29) is 12.1 Å². The van der Waals surface area contributed by atoms with Crippen LogP contribution >= 0.6 is 0 Å². The van der Waals surface area contributed by atoms with Crippen LogP contribution in [0.5, 0.6) is 23.0 Å². The van der Waals surface area contributed by atoms with Gasteiger partial charge in [-0.3, -0.25) is 0 Å². The molecule has 4 rings (SSSR count). The summed E-state index contributed by atoms with van der Waals surface area (Å²) in [6.45, 7) is 0. The molecular weight excluding hydrogens is 374 g/mol. The lowest BCUT2D eigenvalue weighted by molar-refractivity contribution is 0.315. The Morgan fingerprint density at radius 2 is 1.79 bits per heavy atom. The molecule has 9 heteroatoms. The number of fused-ring (bicyclic) bond motifs is 1. The molecule has 1 aromatic heterocycles. The third-order valence-corrected chi connectivity index (χ3v) is 5.14. The topological polar surface area (TPSA) is 92.5 Å². The standard InChI is InChI=1S/C20H23N5O4/c1-26-13-7-5-6-12(10-13)15-11-16(25-20(21-15)22-23-24-25)14-8-9-17(27-2)19(29-4)18(14)28-3/h5-10,15-16H,11H2,1-4H3,(H,21,22,24)/t15-,16+/m0/s1. The summed E-state index contributed by atoms with van der Waals surface area (Å²) in [5.74, 6) is 3.13. The molecule has 0 amide bonds. The number of nitrogens with zero attached hydrogens (tertiary/aromatic N) is 4. The summed E-state index contributed by atoms with van der Waals surface area (Å²) in [6, 6.07) is 11.6. The van der Waals surface area contributed by atoms with Gasteiger partial charge in [-0.2, -0.15) is 0 Å². The highest BCUT2D eigenvalue weighted by Gasteiger charge is 2.34. The third-order valence-electron chi connectivity index (χ3n) is 5.14. The van der Waals surface area contributed by atoms with Gasteiger partial charge in [0.15, 0.2) is 11.5 Å². The van der Waals surface area contributed by atoms with Crippen molar-refractivity contribution in [3.63, 3.8) is 0 Å². The number of anilines is 1. The minimum Gasteiger partial charge on any atom is -0.497 e. The average Bonchev–Trinajstić information content (AvgIpc) is 3.26. The fourth-order valence-corrected chi connectivity index (χ4v) is 3.76. The van der Waals surface area contributed by atoms with Crippen molar-refractivity contribution in [2.45, 2.75) is 18.5 Å². The highest BCUT2D eigenvalue weighted by atomic mass is 16.5. The fraction of sp³-hybridized carbons (Fsp3) is 0.350. The molecule has 1 aliphatic heterocycles. The maximum atomic E-state index is 5.70. The highest BCUT2D eigenvalue weighted by molar-refractivity contribution is 5.57. The second kappa shape index (κ2) is 7.86. The molecule has 2 atom stereocenters. The van der Waals surface area contributed by atoms with Crippen LogP contribution in [0.15, 0.2) is 36.4 Å². The summed E-state index contributed by atoms with van der Waals surface area (Å²) in [5.41, 5.74) is 2.00. The summed E-state index contributed by atoms with van der Waals surface area (Å²) in [4.78, 5) is 0. The number of ether oxygens (including phenoxy) is 4. The van der Waals surface area contributed by atoms with Crippen LogP contribution in [0.4, 0.5) is 5.95 Å². The lowest BCUT2D eigenvalue weighted by Crippen LogP contribution is -2.28. The molecule has 1 N–H and O–H groups in total. The highest BCUT2D eigenvalue weighted by Crippen LogP contribution is 2.46. The Kier molecular flexibility index (Phi) is 5.11. The minimum atomic E-state index is -0.160. The zero-order valence-electron chi connectivity index (χ0n) is 16.7. The van der Waals surface area contributed by atoms with Gasteiger partial charge >= 0.3 is 0 Å². The van der Waals surface area contributed by atoms with Gasteiger partial charge in [0, 0.05) is 5.56 Å². The number of hydrogen-bond donors (Lipinski definition) is 1. The molecule has 0 unspecified atom stereocenters. The van der Waals surface area contributed by atoms with Crippen LogP contribution in [-0.2, 0) is 0 Å². The van der Waals surface area contributed by atoms with E-state index in [0.29, 0.717) is 29.6 Å². The molecular formula is C20H23N5O4. The van der Waals surface area contributed by atoms with E-state index >= 15 is 0 Å². The van der Waals surface area contributed by atoms with Crippen LogP contribution in [0.25, 0.3) is 0 Å². The van der Waals surface area contributed by atoms with Gasteiger partial charge in [-0.15, -0.1) is 0 Å². The van der Waals surface area contributed by atoms with Crippen LogP contribution in [0.1, 0.15) is 29.6 Å². The lowest BCUT2D eigenvalue weighted by Gasteiger charge is -2.32. The van der Waals surface area contributed by atoms with Crippen LogP contribution in [0.3, 0.4) is 0 Å². The van der Waals surface area contributed by atoms with Crippen molar-refractivity contribution in [1.29, 1.82) is 0 Å². The third kappa shape index (κ3) is 3.28. The minimum absolute atomic E-state index is 0.00796. The molecule has 29 heavy (non-hydrogen) atoms. The molecule has 1 aliphatic rings. The van der Waals surface area contributed by atoms with Gasteiger partial charge in [0.05, 0.1) is 40.5 Å². The number of nitrogens with one attached hydrogen (secondary N) is 1. The van der Waals surface area contributed by atoms with Crippen molar-refractivity contribution >= 4 is 5.95 Å². The molecule has 2 heterocycles. The second-order valence-corrected chi connectivity index (χ2v) is 6.60. The van der Waals surface area contributed by atoms with Crippen molar-refractivity contribution < 1.29 is 18.9 Å². The van der Waals surface area contributed by atoms with Gasteiger partial charge in [-0.25, -0.2) is 4.68 Å². The van der Waals surface area contributed by atoms with Gasteiger partial charge in [-0.1, -0.05) is 17.2 Å². The first-order valence-electron chi connectivity index (χ1n) is 9.17. The molecule has 0 saturated heterocycles. The number of tetrazole rings is 1. The molecule has 0 bridgehead atoms. The van der Waals surface area contributed by atoms with Crippen LogP contribution in [-0.4, -0.2) is 48.6 Å². The molecule has 0 spiro atoms. The summed E-state index contributed by atoms with van der Waals surface area (Å²) in [7, 11) is 6.46. The Bertz CT molecular complexity index is 1010. The molecule has 0 saturated carbocycles. The van der Waals surface area contributed by atoms with Crippen molar-refractivity contribution in [2.75, 3.05) is 33.8 Å². The molecule has 2 aromatic carbocycles. The monoisotopic (exact) mass is 397 g/mol. The molecule has 3 aromatic rings. The first kappa shape index (κ1) is 18.9. The quantitative estimate of drug-likeness (QED) is 0.679. The molecule has 0 radical (unpaired) electrons. The van der Waals surface area contributed by atoms with E-state index in [0.717, 1.165) is 16.9 Å². The maximum Gasteiger partial charge on any atom is 0.243 e. The fourth-order valence-electron chi connectivity index (χ4n) is 3.76. The van der Waals surface area contributed by atoms with E-state index in [1.807, 2.05) is 30.3 Å². The Morgan fingerprint density at radius 3 is 2.52 bits per heavy atom. The largest absolute Gasteiger partial charge is 0.497 e. The first-order valence-corrected chi connectivity index (χ1v) is 9.17. The Balaban J connectivity index is 1.79. The summed E-state index contributed by atoms with van der Waals surface area (Å²) in [6.07, 6.45) is 0.705. The molecule has 0 aliphatic carbocycles. The van der Waals surface area contributed by atoms with Gasteiger partial charge in [0.1, 0.15) is 5.75 Å². The number of hydrogen-bond acceptors (Lipinski definition) is 8. The predicted octanol–water partition coefficient (Wildman–Crippen LogP) is 2.85. The van der Waals surface area contributed by atoms with Gasteiger partial charge in [0.2, 0.25) is 11.7 Å². The van der Waals surface area contributed by atoms with Crippen molar-refractivity contribution in [3.05, 3.63) is 47.5 Å². The van der Waals surface area contributed by atoms with Crippen molar-refractivity contribution in [3.8, 4) is 23.0 Å². The zero-order chi connectivity index (χ0) is 20.4. The van der Waals surface area contributed by atoms with Crippen molar-refractivity contribution in [2.24, 2.45) is 0 Å². The zero-order valence-corrected chi connectivity index (χ0v) is 16.7.